The minimum atomic E-state index is 0.648. The van der Waals surface area contributed by atoms with E-state index < -0.39 is 0 Å². The summed E-state index contributed by atoms with van der Waals surface area (Å²) in [6.45, 7) is 3.86. The molecular formula is C9H11NO. The Morgan fingerprint density at radius 2 is 2.00 bits per heavy atom. The van der Waals surface area contributed by atoms with E-state index in [1.165, 1.54) is 0 Å². The molecule has 0 aliphatic rings. The van der Waals surface area contributed by atoms with Crippen LogP contribution in [-0.2, 0) is 0 Å². The third-order valence-corrected chi connectivity index (χ3v) is 1.86. The summed E-state index contributed by atoms with van der Waals surface area (Å²) in [6.07, 6.45) is 0.832. The van der Waals surface area contributed by atoms with Crippen molar-refractivity contribution in [1.82, 2.24) is 0 Å². The molecule has 2 N–H and O–H groups in total. The molecule has 58 valence electrons. The predicted octanol–water partition coefficient (Wildman–Crippen LogP) is 1.70. The van der Waals surface area contributed by atoms with Crippen LogP contribution in [0.2, 0.25) is 0 Å². The largest absolute Gasteiger partial charge is 0.399 e. The van der Waals surface area contributed by atoms with Crippen LogP contribution in [0.15, 0.2) is 12.1 Å². The molecule has 0 heterocycles. The van der Waals surface area contributed by atoms with Gasteiger partial charge in [0.2, 0.25) is 0 Å². The van der Waals surface area contributed by atoms with Gasteiger partial charge in [0.15, 0.2) is 0 Å². The Morgan fingerprint density at radius 1 is 1.36 bits per heavy atom. The summed E-state index contributed by atoms with van der Waals surface area (Å²) in [7, 11) is 0. The SMILES string of the molecule is Cc1cc(N)cc(C=O)c1C. The maximum absolute atomic E-state index is 10.5. The van der Waals surface area contributed by atoms with Crippen LogP contribution in [0.1, 0.15) is 21.5 Å². The first-order chi connectivity index (χ1) is 5.15. The second kappa shape index (κ2) is 2.74. The van der Waals surface area contributed by atoms with Crippen molar-refractivity contribution in [1.29, 1.82) is 0 Å². The van der Waals surface area contributed by atoms with Crippen molar-refractivity contribution in [2.24, 2.45) is 0 Å². The van der Waals surface area contributed by atoms with Gasteiger partial charge in [-0.15, -0.1) is 0 Å². The Bertz CT molecular complexity index is 292. The van der Waals surface area contributed by atoms with Crippen LogP contribution < -0.4 is 5.73 Å². The second-order valence-corrected chi connectivity index (χ2v) is 2.67. The fourth-order valence-corrected chi connectivity index (χ4v) is 1.04. The van der Waals surface area contributed by atoms with Gasteiger partial charge in [0.25, 0.3) is 0 Å². The van der Waals surface area contributed by atoms with Gasteiger partial charge in [-0.25, -0.2) is 0 Å². The molecule has 11 heavy (non-hydrogen) atoms. The van der Waals surface area contributed by atoms with E-state index in [4.69, 9.17) is 5.73 Å². The van der Waals surface area contributed by atoms with Crippen LogP contribution in [0.5, 0.6) is 0 Å². The summed E-state index contributed by atoms with van der Waals surface area (Å²) in [5.41, 5.74) is 8.95. The maximum atomic E-state index is 10.5. The summed E-state index contributed by atoms with van der Waals surface area (Å²) in [5, 5.41) is 0. The van der Waals surface area contributed by atoms with Crippen LogP contribution in [0.3, 0.4) is 0 Å². The zero-order valence-electron chi connectivity index (χ0n) is 6.72. The number of aryl methyl sites for hydroxylation is 1. The summed E-state index contributed by atoms with van der Waals surface area (Å²) in [4.78, 5) is 10.5. The lowest BCUT2D eigenvalue weighted by Crippen LogP contribution is -1.94. The maximum Gasteiger partial charge on any atom is 0.150 e. The van der Waals surface area contributed by atoms with Gasteiger partial charge in [-0.05, 0) is 37.1 Å². The van der Waals surface area contributed by atoms with E-state index in [1.807, 2.05) is 19.9 Å². The molecule has 2 heteroatoms. The molecule has 0 amide bonds. The highest BCUT2D eigenvalue weighted by Gasteiger charge is 2.00. The van der Waals surface area contributed by atoms with Crippen molar-refractivity contribution >= 4 is 12.0 Å². The lowest BCUT2D eigenvalue weighted by molar-refractivity contribution is 0.112. The predicted molar refractivity (Wildman–Crippen MR) is 45.7 cm³/mol. The number of carbonyl (C=O) groups excluding carboxylic acids is 1. The lowest BCUT2D eigenvalue weighted by Gasteiger charge is -2.03. The lowest BCUT2D eigenvalue weighted by atomic mass is 10.0. The molecule has 2 nitrogen and oxygen atoms in total. The molecule has 0 bridgehead atoms. The van der Waals surface area contributed by atoms with Gasteiger partial charge in [0.1, 0.15) is 6.29 Å². The molecule has 0 aliphatic heterocycles. The average molecular weight is 149 g/mol. The molecule has 0 aromatic heterocycles. The number of anilines is 1. The third-order valence-electron chi connectivity index (χ3n) is 1.86. The molecule has 0 aliphatic carbocycles. The molecule has 1 aromatic rings. The quantitative estimate of drug-likeness (QED) is 0.487. The topological polar surface area (TPSA) is 43.1 Å². The van der Waals surface area contributed by atoms with Crippen LogP contribution in [-0.4, -0.2) is 6.29 Å². The van der Waals surface area contributed by atoms with E-state index in [0.717, 1.165) is 17.4 Å². The fourth-order valence-electron chi connectivity index (χ4n) is 1.04. The number of benzene rings is 1. The first-order valence-corrected chi connectivity index (χ1v) is 3.47. The van der Waals surface area contributed by atoms with Crippen molar-refractivity contribution in [3.8, 4) is 0 Å². The molecule has 0 saturated heterocycles. The monoisotopic (exact) mass is 149 g/mol. The summed E-state index contributed by atoms with van der Waals surface area (Å²) >= 11 is 0. The normalized spacial score (nSPS) is 9.64. The second-order valence-electron chi connectivity index (χ2n) is 2.67. The Kier molecular flexibility index (Phi) is 1.94. The Balaban J connectivity index is 3.35. The van der Waals surface area contributed by atoms with Gasteiger partial charge in [-0.3, -0.25) is 4.79 Å². The molecule has 0 radical (unpaired) electrons. The van der Waals surface area contributed by atoms with Crippen molar-refractivity contribution < 1.29 is 4.79 Å². The summed E-state index contributed by atoms with van der Waals surface area (Å²) in [5.74, 6) is 0. The van der Waals surface area contributed by atoms with E-state index in [1.54, 1.807) is 6.07 Å². The van der Waals surface area contributed by atoms with E-state index in [2.05, 4.69) is 0 Å². The molecule has 1 rings (SSSR count). The van der Waals surface area contributed by atoms with Crippen LogP contribution in [0, 0.1) is 13.8 Å². The van der Waals surface area contributed by atoms with E-state index in [9.17, 15) is 4.79 Å². The minimum absolute atomic E-state index is 0.648. The Morgan fingerprint density at radius 3 is 2.55 bits per heavy atom. The van der Waals surface area contributed by atoms with Crippen molar-refractivity contribution in [3.63, 3.8) is 0 Å². The first-order valence-electron chi connectivity index (χ1n) is 3.47. The number of carbonyl (C=O) groups is 1. The summed E-state index contributed by atoms with van der Waals surface area (Å²) in [6, 6.07) is 3.55. The van der Waals surface area contributed by atoms with E-state index in [-0.39, 0.29) is 0 Å². The molecule has 0 unspecified atom stereocenters. The van der Waals surface area contributed by atoms with Crippen LogP contribution >= 0.6 is 0 Å². The molecule has 0 fully saturated rings. The average Bonchev–Trinajstić information content (AvgIpc) is 1.96. The number of hydrogen-bond donors (Lipinski definition) is 1. The van der Waals surface area contributed by atoms with E-state index >= 15 is 0 Å². The van der Waals surface area contributed by atoms with Gasteiger partial charge in [-0.1, -0.05) is 0 Å². The summed E-state index contributed by atoms with van der Waals surface area (Å²) < 4.78 is 0. The van der Waals surface area contributed by atoms with Crippen LogP contribution in [0.25, 0.3) is 0 Å². The number of nitrogen functional groups attached to an aromatic ring is 1. The molecule has 0 atom stereocenters. The van der Waals surface area contributed by atoms with Gasteiger partial charge in [0.05, 0.1) is 0 Å². The molecule has 0 spiro atoms. The molecule has 0 saturated carbocycles. The highest BCUT2D eigenvalue weighted by Crippen LogP contribution is 2.15. The van der Waals surface area contributed by atoms with Gasteiger partial charge < -0.3 is 5.73 Å². The van der Waals surface area contributed by atoms with Gasteiger partial charge in [0, 0.05) is 11.3 Å². The number of nitrogens with two attached hydrogens (primary N) is 1. The Labute approximate surface area is 66.0 Å². The van der Waals surface area contributed by atoms with Crippen molar-refractivity contribution in [2.75, 3.05) is 5.73 Å². The highest BCUT2D eigenvalue weighted by molar-refractivity contribution is 5.79. The number of hydrogen-bond acceptors (Lipinski definition) is 2. The first kappa shape index (κ1) is 7.79. The third kappa shape index (κ3) is 1.40. The zero-order chi connectivity index (χ0) is 8.43. The van der Waals surface area contributed by atoms with E-state index in [0.29, 0.717) is 11.3 Å². The molecular weight excluding hydrogens is 138 g/mol. The number of aldehydes is 1. The highest BCUT2D eigenvalue weighted by atomic mass is 16.1. The Hall–Kier alpha value is -1.31. The van der Waals surface area contributed by atoms with Gasteiger partial charge in [-0.2, -0.15) is 0 Å². The fraction of sp³-hybridized carbons (Fsp3) is 0.222. The number of rotatable bonds is 1. The van der Waals surface area contributed by atoms with Crippen molar-refractivity contribution in [2.45, 2.75) is 13.8 Å². The van der Waals surface area contributed by atoms with Crippen LogP contribution in [0.4, 0.5) is 5.69 Å². The smallest absolute Gasteiger partial charge is 0.150 e. The standard InChI is InChI=1S/C9H11NO/c1-6-3-9(10)4-8(5-11)7(6)2/h3-5H,10H2,1-2H3. The zero-order valence-corrected chi connectivity index (χ0v) is 6.72. The van der Waals surface area contributed by atoms with Gasteiger partial charge >= 0.3 is 0 Å². The van der Waals surface area contributed by atoms with Crippen molar-refractivity contribution in [3.05, 3.63) is 28.8 Å². The minimum Gasteiger partial charge on any atom is -0.399 e. The molecule has 1 aromatic carbocycles.